The summed E-state index contributed by atoms with van der Waals surface area (Å²) in [6.07, 6.45) is 31.3. The third-order valence-electron chi connectivity index (χ3n) is 7.33. The molecule has 214 valence electrons. The molecule has 0 aliphatic heterocycles. The van der Waals surface area contributed by atoms with E-state index in [-0.39, 0.29) is 12.1 Å². The van der Waals surface area contributed by atoms with Crippen LogP contribution in [0, 0.1) is 0 Å². The molecule has 0 saturated carbocycles. The van der Waals surface area contributed by atoms with Gasteiger partial charge >= 0.3 is 11.9 Å². The lowest BCUT2D eigenvalue weighted by atomic mass is 10.0. The Morgan fingerprint density at radius 1 is 0.500 bits per heavy atom. The Balaban J connectivity index is 3.76. The minimum atomic E-state index is -0.678. The molecule has 0 bridgehead atoms. The molecule has 0 saturated heterocycles. The highest BCUT2D eigenvalue weighted by atomic mass is 16.5. The van der Waals surface area contributed by atoms with Crippen LogP contribution in [0.3, 0.4) is 0 Å². The number of carboxylic acid groups (broad SMARTS) is 1. The van der Waals surface area contributed by atoms with Crippen LogP contribution < -0.4 is 0 Å². The fourth-order valence-corrected chi connectivity index (χ4v) is 4.95. The van der Waals surface area contributed by atoms with Crippen molar-refractivity contribution in [3.05, 3.63) is 0 Å². The average Bonchev–Trinajstić information content (AvgIpc) is 2.85. The zero-order valence-corrected chi connectivity index (χ0v) is 24.3. The largest absolute Gasteiger partial charge is 0.481 e. The summed E-state index contributed by atoms with van der Waals surface area (Å²) >= 11 is 0. The van der Waals surface area contributed by atoms with Gasteiger partial charge in [-0.1, -0.05) is 136 Å². The molecule has 0 radical (unpaired) electrons. The van der Waals surface area contributed by atoms with Crippen LogP contribution in [0.5, 0.6) is 0 Å². The molecule has 1 N–H and O–H groups in total. The van der Waals surface area contributed by atoms with E-state index in [1.54, 1.807) is 0 Å². The molecule has 0 amide bonds. The molecule has 0 aliphatic rings. The van der Waals surface area contributed by atoms with E-state index in [0.717, 1.165) is 57.8 Å². The number of rotatable bonds is 29. The second kappa shape index (κ2) is 28.5. The maximum absolute atomic E-state index is 12.4. The Hall–Kier alpha value is -1.06. The van der Waals surface area contributed by atoms with Crippen LogP contribution in [-0.2, 0) is 14.3 Å². The van der Waals surface area contributed by atoms with Gasteiger partial charge in [-0.05, 0) is 38.5 Å². The normalized spacial score (nSPS) is 12.1. The van der Waals surface area contributed by atoms with Gasteiger partial charge in [0.1, 0.15) is 6.10 Å². The minimum absolute atomic E-state index is 0.0234. The van der Waals surface area contributed by atoms with Crippen molar-refractivity contribution >= 4 is 11.9 Å². The predicted octanol–water partition coefficient (Wildman–Crippen LogP) is 10.6. The van der Waals surface area contributed by atoms with Gasteiger partial charge in [0, 0.05) is 12.8 Å². The molecule has 0 spiro atoms. The summed E-state index contributed by atoms with van der Waals surface area (Å²) in [7, 11) is 0. The fraction of sp³-hybridized carbons (Fsp3) is 0.938. The SMILES string of the molecule is CCCCCCCCCCCCCC(=O)OC(CCCCC)CCCCCCCCCCCC(=O)O. The van der Waals surface area contributed by atoms with Gasteiger partial charge < -0.3 is 9.84 Å². The Bertz CT molecular complexity index is 477. The van der Waals surface area contributed by atoms with Crippen molar-refractivity contribution in [1.82, 2.24) is 0 Å². The van der Waals surface area contributed by atoms with Gasteiger partial charge in [-0.3, -0.25) is 9.59 Å². The molecule has 0 heterocycles. The first kappa shape index (κ1) is 34.9. The fourth-order valence-electron chi connectivity index (χ4n) is 4.95. The number of esters is 1. The molecule has 4 heteroatoms. The monoisotopic (exact) mass is 510 g/mol. The van der Waals surface area contributed by atoms with Crippen molar-refractivity contribution in [1.29, 1.82) is 0 Å². The highest BCUT2D eigenvalue weighted by Crippen LogP contribution is 2.18. The first-order chi connectivity index (χ1) is 17.6. The summed E-state index contributed by atoms with van der Waals surface area (Å²) in [5.74, 6) is -0.655. The molecular weight excluding hydrogens is 448 g/mol. The molecule has 0 aliphatic carbocycles. The van der Waals surface area contributed by atoms with Gasteiger partial charge in [0.2, 0.25) is 0 Å². The van der Waals surface area contributed by atoms with Crippen LogP contribution in [0.4, 0.5) is 0 Å². The Morgan fingerprint density at radius 3 is 1.28 bits per heavy atom. The number of carbonyl (C=O) groups is 2. The lowest BCUT2D eigenvalue weighted by molar-refractivity contribution is -0.150. The molecule has 4 nitrogen and oxygen atoms in total. The summed E-state index contributed by atoms with van der Waals surface area (Å²) in [5.41, 5.74) is 0. The van der Waals surface area contributed by atoms with Crippen LogP contribution in [0.25, 0.3) is 0 Å². The zero-order chi connectivity index (χ0) is 26.5. The van der Waals surface area contributed by atoms with Gasteiger partial charge in [-0.15, -0.1) is 0 Å². The van der Waals surface area contributed by atoms with Crippen LogP contribution in [0.2, 0.25) is 0 Å². The highest BCUT2D eigenvalue weighted by molar-refractivity contribution is 5.69. The lowest BCUT2D eigenvalue weighted by Crippen LogP contribution is -2.18. The maximum Gasteiger partial charge on any atom is 0.306 e. The first-order valence-corrected chi connectivity index (χ1v) is 16.0. The molecule has 0 rings (SSSR count). The number of hydrogen-bond donors (Lipinski definition) is 1. The van der Waals surface area contributed by atoms with Crippen LogP contribution in [0.15, 0.2) is 0 Å². The number of carboxylic acids is 1. The van der Waals surface area contributed by atoms with Crippen molar-refractivity contribution in [3.8, 4) is 0 Å². The number of carbonyl (C=O) groups excluding carboxylic acids is 1. The van der Waals surface area contributed by atoms with Crippen molar-refractivity contribution in [2.75, 3.05) is 0 Å². The molecule has 0 fully saturated rings. The minimum Gasteiger partial charge on any atom is -0.481 e. The number of unbranched alkanes of at least 4 members (excludes halogenated alkanes) is 20. The number of hydrogen-bond acceptors (Lipinski definition) is 3. The summed E-state index contributed by atoms with van der Waals surface area (Å²) in [6.45, 7) is 4.49. The van der Waals surface area contributed by atoms with E-state index in [1.807, 2.05) is 0 Å². The topological polar surface area (TPSA) is 63.6 Å². The predicted molar refractivity (Wildman–Crippen MR) is 154 cm³/mol. The Morgan fingerprint density at radius 2 is 0.833 bits per heavy atom. The second-order valence-corrected chi connectivity index (χ2v) is 11.0. The molecule has 0 aromatic carbocycles. The number of aliphatic carboxylic acids is 1. The van der Waals surface area contributed by atoms with E-state index in [4.69, 9.17) is 9.84 Å². The van der Waals surface area contributed by atoms with Gasteiger partial charge in [-0.25, -0.2) is 0 Å². The molecule has 0 aromatic rings. The van der Waals surface area contributed by atoms with Crippen molar-refractivity contribution in [2.24, 2.45) is 0 Å². The first-order valence-electron chi connectivity index (χ1n) is 16.0. The lowest BCUT2D eigenvalue weighted by Gasteiger charge is -2.18. The van der Waals surface area contributed by atoms with Crippen LogP contribution in [-0.4, -0.2) is 23.1 Å². The second-order valence-electron chi connectivity index (χ2n) is 11.0. The molecule has 36 heavy (non-hydrogen) atoms. The van der Waals surface area contributed by atoms with Crippen molar-refractivity contribution in [2.45, 2.75) is 193 Å². The van der Waals surface area contributed by atoms with Crippen molar-refractivity contribution in [3.63, 3.8) is 0 Å². The summed E-state index contributed by atoms with van der Waals surface area (Å²) < 4.78 is 5.91. The van der Waals surface area contributed by atoms with Gasteiger partial charge in [0.25, 0.3) is 0 Å². The Kier molecular flexibility index (Phi) is 27.7. The zero-order valence-electron chi connectivity index (χ0n) is 24.3. The molecule has 0 aromatic heterocycles. The summed E-state index contributed by atoms with van der Waals surface area (Å²) in [6, 6.07) is 0. The van der Waals surface area contributed by atoms with E-state index in [2.05, 4.69) is 13.8 Å². The van der Waals surface area contributed by atoms with Gasteiger partial charge in [-0.2, -0.15) is 0 Å². The molecule has 1 atom stereocenters. The molecule has 1 unspecified atom stereocenters. The third kappa shape index (κ3) is 27.5. The van der Waals surface area contributed by atoms with Crippen LogP contribution >= 0.6 is 0 Å². The Labute approximate surface area is 224 Å². The van der Waals surface area contributed by atoms with Crippen molar-refractivity contribution < 1.29 is 19.4 Å². The maximum atomic E-state index is 12.4. The van der Waals surface area contributed by atoms with E-state index in [0.29, 0.717) is 12.8 Å². The quantitative estimate of drug-likeness (QED) is 0.0802. The van der Waals surface area contributed by atoms with Gasteiger partial charge in [0.15, 0.2) is 0 Å². The smallest absolute Gasteiger partial charge is 0.306 e. The standard InChI is InChI=1S/C32H62O4/c1-3-5-7-8-9-10-11-15-18-21-25-29-32(35)36-30(26-22-6-4-2)27-23-19-16-13-12-14-17-20-24-28-31(33)34/h30H,3-29H2,1-2H3,(H,33,34). The van der Waals surface area contributed by atoms with Crippen LogP contribution in [0.1, 0.15) is 187 Å². The number of ether oxygens (including phenoxy) is 1. The average molecular weight is 511 g/mol. The van der Waals surface area contributed by atoms with Gasteiger partial charge in [0.05, 0.1) is 0 Å². The molecular formula is C32H62O4. The van der Waals surface area contributed by atoms with E-state index >= 15 is 0 Å². The van der Waals surface area contributed by atoms with E-state index < -0.39 is 5.97 Å². The van der Waals surface area contributed by atoms with E-state index in [9.17, 15) is 9.59 Å². The summed E-state index contributed by atoms with van der Waals surface area (Å²) in [5, 5.41) is 8.66. The summed E-state index contributed by atoms with van der Waals surface area (Å²) in [4.78, 5) is 22.9. The third-order valence-corrected chi connectivity index (χ3v) is 7.33. The highest BCUT2D eigenvalue weighted by Gasteiger charge is 2.14. The van der Waals surface area contributed by atoms with E-state index in [1.165, 1.54) is 103 Å².